The van der Waals surface area contributed by atoms with Gasteiger partial charge in [0.1, 0.15) is 5.00 Å². The number of amides is 1. The molecule has 1 saturated carbocycles. The van der Waals surface area contributed by atoms with Crippen LogP contribution in [0.5, 0.6) is 0 Å². The van der Waals surface area contributed by atoms with E-state index in [0.717, 1.165) is 55.8 Å². The number of esters is 1. The Hall–Kier alpha value is -2.27. The number of nitrogens with zero attached hydrogens (tertiary/aromatic N) is 2. The van der Waals surface area contributed by atoms with Gasteiger partial charge in [-0.2, -0.15) is 4.31 Å². The van der Waals surface area contributed by atoms with Crippen LogP contribution in [-0.4, -0.2) is 62.3 Å². The predicted molar refractivity (Wildman–Crippen MR) is 148 cm³/mol. The van der Waals surface area contributed by atoms with Crippen molar-refractivity contribution in [2.24, 2.45) is 10.8 Å². The fourth-order valence-electron chi connectivity index (χ4n) is 6.91. The number of carbonyl (C=O) groups is 2. The van der Waals surface area contributed by atoms with Crippen molar-refractivity contribution in [1.29, 1.82) is 0 Å². The molecule has 1 aliphatic carbocycles. The first kappa shape index (κ1) is 27.3. The molecule has 2 atom stereocenters. The highest BCUT2D eigenvalue weighted by Crippen LogP contribution is 2.53. The first-order valence-electron chi connectivity index (χ1n) is 13.2. The maximum atomic E-state index is 13.6. The van der Waals surface area contributed by atoms with Crippen molar-refractivity contribution in [3.63, 3.8) is 0 Å². The van der Waals surface area contributed by atoms with Crippen LogP contribution in [0.25, 0.3) is 0 Å². The zero-order chi connectivity index (χ0) is 27.5. The van der Waals surface area contributed by atoms with Gasteiger partial charge in [-0.15, -0.1) is 11.3 Å². The summed E-state index contributed by atoms with van der Waals surface area (Å²) in [4.78, 5) is 29.3. The Morgan fingerprint density at radius 1 is 1.16 bits per heavy atom. The van der Waals surface area contributed by atoms with Gasteiger partial charge in [0, 0.05) is 36.1 Å². The Bertz CT molecular complexity index is 1370. The van der Waals surface area contributed by atoms with Crippen LogP contribution < -0.4 is 5.32 Å². The van der Waals surface area contributed by atoms with E-state index in [2.05, 4.69) is 37.9 Å². The van der Waals surface area contributed by atoms with E-state index in [9.17, 15) is 18.0 Å². The molecule has 2 unspecified atom stereocenters. The van der Waals surface area contributed by atoms with Crippen molar-refractivity contribution in [3.05, 3.63) is 45.8 Å². The SMILES string of the molecule is CCN1CCc2c(sc(NC(=O)c3ccc(S(=O)(=O)N4CC5(C)CC4CC(C)(C)C5)cc3)c2C(=O)OC)C1. The van der Waals surface area contributed by atoms with Crippen LogP contribution in [0.3, 0.4) is 0 Å². The fraction of sp³-hybridized carbons (Fsp3) is 0.571. The lowest BCUT2D eigenvalue weighted by atomic mass is 9.65. The Kier molecular flexibility index (Phi) is 6.99. The number of ether oxygens (including phenoxy) is 1. The number of carbonyl (C=O) groups excluding carboxylic acids is 2. The molecule has 206 valence electrons. The van der Waals surface area contributed by atoms with Crippen LogP contribution in [0.2, 0.25) is 0 Å². The van der Waals surface area contributed by atoms with E-state index in [-0.39, 0.29) is 21.8 Å². The molecule has 8 nitrogen and oxygen atoms in total. The molecule has 3 heterocycles. The van der Waals surface area contributed by atoms with Crippen LogP contribution in [0.1, 0.15) is 78.1 Å². The van der Waals surface area contributed by atoms with Crippen LogP contribution in [0.4, 0.5) is 5.00 Å². The van der Waals surface area contributed by atoms with Gasteiger partial charge >= 0.3 is 5.97 Å². The summed E-state index contributed by atoms with van der Waals surface area (Å²) in [5, 5.41) is 3.36. The van der Waals surface area contributed by atoms with Gasteiger partial charge in [-0.1, -0.05) is 27.7 Å². The van der Waals surface area contributed by atoms with Crippen LogP contribution in [0.15, 0.2) is 29.2 Å². The van der Waals surface area contributed by atoms with E-state index in [4.69, 9.17) is 4.74 Å². The number of likely N-dealkylation sites (N-methyl/N-ethyl adjacent to an activating group) is 1. The highest BCUT2D eigenvalue weighted by atomic mass is 32.2. The molecule has 0 radical (unpaired) electrons. The number of methoxy groups -OCH3 is 1. The van der Waals surface area contributed by atoms with Crippen molar-refractivity contribution in [2.75, 3.05) is 32.1 Å². The van der Waals surface area contributed by atoms with Gasteiger partial charge in [-0.3, -0.25) is 9.69 Å². The first-order chi connectivity index (χ1) is 17.9. The van der Waals surface area contributed by atoms with E-state index in [0.29, 0.717) is 22.7 Å². The summed E-state index contributed by atoms with van der Waals surface area (Å²) in [5.74, 6) is -0.853. The molecule has 2 fully saturated rings. The second kappa shape index (κ2) is 9.73. The van der Waals surface area contributed by atoms with E-state index in [1.165, 1.54) is 30.6 Å². The molecule has 1 saturated heterocycles. The van der Waals surface area contributed by atoms with Gasteiger partial charge in [-0.25, -0.2) is 13.2 Å². The molecule has 3 aliphatic rings. The van der Waals surface area contributed by atoms with E-state index >= 15 is 0 Å². The second-order valence-electron chi connectivity index (χ2n) is 12.1. The first-order valence-corrected chi connectivity index (χ1v) is 15.5. The largest absolute Gasteiger partial charge is 0.465 e. The van der Waals surface area contributed by atoms with E-state index in [1.807, 2.05) is 0 Å². The Morgan fingerprint density at radius 2 is 1.87 bits per heavy atom. The third kappa shape index (κ3) is 4.92. The maximum absolute atomic E-state index is 13.6. The standard InChI is InChI=1S/C28H37N3O5S2/c1-6-30-12-11-21-22(15-30)37-25(23(21)26(33)36-5)29-24(32)18-7-9-20(10-8-18)38(34,35)31-17-28(4)14-19(31)13-27(2,3)16-28/h7-10,19H,6,11-17H2,1-5H3,(H,29,32). The molecule has 1 amide bonds. The third-order valence-electron chi connectivity index (χ3n) is 8.29. The zero-order valence-corrected chi connectivity index (χ0v) is 24.4. The molecule has 2 bridgehead atoms. The number of sulfonamides is 1. The number of anilines is 1. The summed E-state index contributed by atoms with van der Waals surface area (Å²) in [5.41, 5.74) is 1.80. The Balaban J connectivity index is 1.36. The molecule has 1 N–H and O–H groups in total. The van der Waals surface area contributed by atoms with E-state index < -0.39 is 21.9 Å². The minimum atomic E-state index is -3.68. The molecule has 10 heteroatoms. The van der Waals surface area contributed by atoms with Gasteiger partial charge in [0.15, 0.2) is 0 Å². The minimum absolute atomic E-state index is 0.00182. The summed E-state index contributed by atoms with van der Waals surface area (Å²) in [7, 11) is -2.33. The zero-order valence-electron chi connectivity index (χ0n) is 22.8. The number of fused-ring (bicyclic) bond motifs is 3. The minimum Gasteiger partial charge on any atom is -0.465 e. The molecule has 0 spiro atoms. The molecule has 38 heavy (non-hydrogen) atoms. The lowest BCUT2D eigenvalue weighted by molar-refractivity contribution is 0.0600. The van der Waals surface area contributed by atoms with Crippen molar-refractivity contribution < 1.29 is 22.7 Å². The van der Waals surface area contributed by atoms with Crippen molar-refractivity contribution in [1.82, 2.24) is 9.21 Å². The number of rotatable bonds is 6. The smallest absolute Gasteiger partial charge is 0.341 e. The summed E-state index contributed by atoms with van der Waals surface area (Å²) in [6.45, 7) is 11.8. The molecule has 2 aliphatic heterocycles. The van der Waals surface area contributed by atoms with Gasteiger partial charge in [0.2, 0.25) is 10.0 Å². The van der Waals surface area contributed by atoms with Crippen molar-refractivity contribution >= 4 is 38.2 Å². The maximum Gasteiger partial charge on any atom is 0.341 e. The normalized spacial score (nSPS) is 25.1. The molecule has 1 aromatic heterocycles. The average Bonchev–Trinajstić information content (AvgIpc) is 3.35. The van der Waals surface area contributed by atoms with Crippen molar-refractivity contribution in [3.8, 4) is 0 Å². The quantitative estimate of drug-likeness (QED) is 0.513. The Labute approximate surface area is 229 Å². The molecule has 5 rings (SSSR count). The third-order valence-corrected chi connectivity index (χ3v) is 11.3. The van der Waals surface area contributed by atoms with Gasteiger partial charge < -0.3 is 10.1 Å². The monoisotopic (exact) mass is 559 g/mol. The topological polar surface area (TPSA) is 96.0 Å². The molecular formula is C28H37N3O5S2. The lowest BCUT2D eigenvalue weighted by Crippen LogP contribution is -2.37. The predicted octanol–water partition coefficient (Wildman–Crippen LogP) is 4.75. The highest BCUT2D eigenvalue weighted by Gasteiger charge is 2.53. The van der Waals surface area contributed by atoms with Crippen LogP contribution >= 0.6 is 11.3 Å². The Morgan fingerprint density at radius 3 is 2.53 bits per heavy atom. The summed E-state index contributed by atoms with van der Waals surface area (Å²) in [6.07, 6.45) is 3.48. The number of hydrogen-bond acceptors (Lipinski definition) is 7. The van der Waals surface area contributed by atoms with Crippen LogP contribution in [0, 0.1) is 10.8 Å². The van der Waals surface area contributed by atoms with Gasteiger partial charge in [0.25, 0.3) is 5.91 Å². The number of hydrogen-bond donors (Lipinski definition) is 1. The molecular weight excluding hydrogens is 522 g/mol. The van der Waals surface area contributed by atoms with Crippen LogP contribution in [-0.2, 0) is 27.7 Å². The number of nitrogens with one attached hydrogen (secondary N) is 1. The fourth-order valence-corrected chi connectivity index (χ4v) is 9.96. The lowest BCUT2D eigenvalue weighted by Gasteiger charge is -2.39. The van der Waals surface area contributed by atoms with E-state index in [1.54, 1.807) is 16.4 Å². The van der Waals surface area contributed by atoms with Gasteiger partial charge in [-0.05, 0) is 72.9 Å². The number of thiophene rings is 1. The summed E-state index contributed by atoms with van der Waals surface area (Å²) in [6, 6.07) is 6.11. The average molecular weight is 560 g/mol. The van der Waals surface area contributed by atoms with Crippen molar-refractivity contribution in [2.45, 2.75) is 70.9 Å². The molecule has 1 aromatic carbocycles. The molecule has 2 aromatic rings. The second-order valence-corrected chi connectivity index (χ2v) is 15.1. The van der Waals surface area contributed by atoms with Gasteiger partial charge in [0.05, 0.1) is 17.6 Å². The summed E-state index contributed by atoms with van der Waals surface area (Å²) < 4.78 is 33.9. The highest BCUT2D eigenvalue weighted by molar-refractivity contribution is 7.89. The summed E-state index contributed by atoms with van der Waals surface area (Å²) >= 11 is 1.40. The number of benzene rings is 1.